The number of aromatic nitrogens is 2. The highest BCUT2D eigenvalue weighted by Crippen LogP contribution is 2.25. The molecule has 0 aliphatic carbocycles. The zero-order chi connectivity index (χ0) is 17.4. The zero-order valence-electron chi connectivity index (χ0n) is 14.4. The minimum absolute atomic E-state index is 0.229. The molecular weight excluding hydrogens is 304 g/mol. The quantitative estimate of drug-likeness (QED) is 0.728. The molecule has 128 valence electrons. The fourth-order valence-electron chi connectivity index (χ4n) is 2.28. The van der Waals surface area contributed by atoms with Crippen LogP contribution < -0.4 is 10.6 Å². The van der Waals surface area contributed by atoms with Crippen molar-refractivity contribution in [1.29, 1.82) is 0 Å². The average molecular weight is 328 g/mol. The van der Waals surface area contributed by atoms with E-state index in [4.69, 9.17) is 4.74 Å². The molecule has 2 N–H and O–H groups in total. The maximum absolute atomic E-state index is 11.9. The molecular formula is C18H24N4O2. The van der Waals surface area contributed by atoms with Crippen LogP contribution in [0.25, 0.3) is 0 Å². The number of carbonyl (C=O) groups is 1. The van der Waals surface area contributed by atoms with Crippen molar-refractivity contribution in [3.8, 4) is 0 Å². The van der Waals surface area contributed by atoms with Crippen molar-refractivity contribution in [3.05, 3.63) is 47.7 Å². The minimum Gasteiger partial charge on any atom is -0.385 e. The molecule has 0 spiro atoms. The van der Waals surface area contributed by atoms with Crippen LogP contribution in [-0.2, 0) is 4.74 Å². The molecule has 1 aromatic heterocycles. The number of rotatable bonds is 8. The van der Waals surface area contributed by atoms with Crippen molar-refractivity contribution in [2.24, 2.45) is 0 Å². The Morgan fingerprint density at radius 1 is 1.17 bits per heavy atom. The Balaban J connectivity index is 1.98. The molecule has 6 nitrogen and oxygen atoms in total. The van der Waals surface area contributed by atoms with Gasteiger partial charge in [-0.3, -0.25) is 4.79 Å². The molecule has 0 fully saturated rings. The molecule has 0 atom stereocenters. The Bertz CT molecular complexity index is 656. The molecule has 1 aromatic carbocycles. The summed E-state index contributed by atoms with van der Waals surface area (Å²) in [7, 11) is 1.64. The van der Waals surface area contributed by atoms with E-state index in [0.717, 1.165) is 12.1 Å². The molecule has 1 amide bonds. The Kier molecular flexibility index (Phi) is 6.69. The summed E-state index contributed by atoms with van der Waals surface area (Å²) in [5, 5.41) is 14.1. The number of hydrogen-bond donors (Lipinski definition) is 2. The van der Waals surface area contributed by atoms with Crippen LogP contribution in [0.4, 0.5) is 11.5 Å². The molecule has 0 saturated carbocycles. The Hall–Kier alpha value is -2.47. The molecule has 0 radical (unpaired) electrons. The van der Waals surface area contributed by atoms with Crippen LogP contribution in [0, 0.1) is 0 Å². The van der Waals surface area contributed by atoms with E-state index in [2.05, 4.69) is 40.7 Å². The van der Waals surface area contributed by atoms with Gasteiger partial charge in [-0.2, -0.15) is 0 Å². The second-order valence-corrected chi connectivity index (χ2v) is 5.77. The molecule has 6 heteroatoms. The van der Waals surface area contributed by atoms with Gasteiger partial charge in [0.1, 0.15) is 0 Å². The van der Waals surface area contributed by atoms with E-state index < -0.39 is 0 Å². The van der Waals surface area contributed by atoms with E-state index in [1.807, 2.05) is 18.2 Å². The summed E-state index contributed by atoms with van der Waals surface area (Å²) in [6.07, 6.45) is 0.765. The Morgan fingerprint density at radius 3 is 2.62 bits per heavy atom. The summed E-state index contributed by atoms with van der Waals surface area (Å²) >= 11 is 0. The third-order valence-corrected chi connectivity index (χ3v) is 3.55. The lowest BCUT2D eigenvalue weighted by Gasteiger charge is -2.13. The first-order chi connectivity index (χ1) is 11.6. The summed E-state index contributed by atoms with van der Waals surface area (Å²) < 4.78 is 4.94. The lowest BCUT2D eigenvalue weighted by atomic mass is 10.0. The molecule has 2 aromatic rings. The fourth-order valence-corrected chi connectivity index (χ4v) is 2.28. The van der Waals surface area contributed by atoms with Crippen molar-refractivity contribution >= 4 is 17.4 Å². The van der Waals surface area contributed by atoms with Crippen molar-refractivity contribution in [2.75, 3.05) is 25.6 Å². The number of ether oxygens (including phenoxy) is 1. The summed E-state index contributed by atoms with van der Waals surface area (Å²) in [4.78, 5) is 11.9. The number of methoxy groups -OCH3 is 1. The van der Waals surface area contributed by atoms with Crippen molar-refractivity contribution in [1.82, 2.24) is 15.5 Å². The summed E-state index contributed by atoms with van der Waals surface area (Å²) in [6, 6.07) is 11.5. The van der Waals surface area contributed by atoms with Crippen molar-refractivity contribution in [2.45, 2.75) is 26.2 Å². The SMILES string of the molecule is COCCCNC(=O)c1ccc(Nc2ccccc2C(C)C)nn1. The number of amides is 1. The van der Waals surface area contributed by atoms with Gasteiger partial charge in [0.05, 0.1) is 0 Å². The van der Waals surface area contributed by atoms with Crippen LogP contribution in [-0.4, -0.2) is 36.4 Å². The van der Waals surface area contributed by atoms with E-state index in [1.165, 1.54) is 5.56 Å². The first-order valence-electron chi connectivity index (χ1n) is 8.08. The van der Waals surface area contributed by atoms with Crippen molar-refractivity contribution < 1.29 is 9.53 Å². The monoisotopic (exact) mass is 328 g/mol. The van der Waals surface area contributed by atoms with Gasteiger partial charge >= 0.3 is 0 Å². The number of benzene rings is 1. The van der Waals surface area contributed by atoms with Crippen LogP contribution in [0.2, 0.25) is 0 Å². The number of carbonyl (C=O) groups excluding carboxylic acids is 1. The number of nitrogens with zero attached hydrogens (tertiary/aromatic N) is 2. The lowest BCUT2D eigenvalue weighted by Crippen LogP contribution is -2.26. The zero-order valence-corrected chi connectivity index (χ0v) is 14.4. The topological polar surface area (TPSA) is 76.1 Å². The molecule has 24 heavy (non-hydrogen) atoms. The molecule has 0 aliphatic rings. The van der Waals surface area contributed by atoms with Crippen LogP contribution >= 0.6 is 0 Å². The van der Waals surface area contributed by atoms with Crippen LogP contribution in [0.15, 0.2) is 36.4 Å². The number of anilines is 2. The first-order valence-corrected chi connectivity index (χ1v) is 8.08. The highest BCUT2D eigenvalue weighted by Gasteiger charge is 2.09. The third kappa shape index (κ3) is 5.03. The molecule has 0 unspecified atom stereocenters. The lowest BCUT2D eigenvalue weighted by molar-refractivity contribution is 0.0942. The van der Waals surface area contributed by atoms with Gasteiger partial charge < -0.3 is 15.4 Å². The normalized spacial score (nSPS) is 10.7. The average Bonchev–Trinajstić information content (AvgIpc) is 2.59. The standard InChI is InChI=1S/C18H24N4O2/c1-13(2)14-7-4-5-8-15(14)20-17-10-9-16(21-22-17)18(23)19-11-6-12-24-3/h4-5,7-10,13H,6,11-12H2,1-3H3,(H,19,23)(H,20,22). The highest BCUT2D eigenvalue weighted by atomic mass is 16.5. The number of nitrogens with one attached hydrogen (secondary N) is 2. The van der Waals surface area contributed by atoms with Gasteiger partial charge in [0.15, 0.2) is 11.5 Å². The molecule has 0 saturated heterocycles. The first kappa shape index (κ1) is 17.9. The van der Waals surface area contributed by atoms with Gasteiger partial charge in [0.25, 0.3) is 5.91 Å². The van der Waals surface area contributed by atoms with Gasteiger partial charge in [0, 0.05) is 25.9 Å². The van der Waals surface area contributed by atoms with E-state index in [9.17, 15) is 4.79 Å². The highest BCUT2D eigenvalue weighted by molar-refractivity contribution is 5.92. The van der Waals surface area contributed by atoms with Gasteiger partial charge in [-0.15, -0.1) is 10.2 Å². The molecule has 0 bridgehead atoms. The molecule has 1 heterocycles. The van der Waals surface area contributed by atoms with Gasteiger partial charge in [-0.05, 0) is 36.1 Å². The number of hydrogen-bond acceptors (Lipinski definition) is 5. The van der Waals surface area contributed by atoms with Crippen LogP contribution in [0.3, 0.4) is 0 Å². The van der Waals surface area contributed by atoms with Crippen molar-refractivity contribution in [3.63, 3.8) is 0 Å². The smallest absolute Gasteiger partial charge is 0.271 e. The predicted molar refractivity (Wildman–Crippen MR) is 94.7 cm³/mol. The summed E-state index contributed by atoms with van der Waals surface area (Å²) in [6.45, 7) is 5.45. The predicted octanol–water partition coefficient (Wildman–Crippen LogP) is 3.11. The maximum atomic E-state index is 11.9. The van der Waals surface area contributed by atoms with E-state index >= 15 is 0 Å². The molecule has 0 aliphatic heterocycles. The largest absolute Gasteiger partial charge is 0.385 e. The van der Waals surface area contributed by atoms with Gasteiger partial charge in [0.2, 0.25) is 0 Å². The second-order valence-electron chi connectivity index (χ2n) is 5.77. The minimum atomic E-state index is -0.229. The summed E-state index contributed by atoms with van der Waals surface area (Å²) in [5.74, 6) is 0.783. The summed E-state index contributed by atoms with van der Waals surface area (Å²) in [5.41, 5.74) is 2.51. The number of para-hydroxylation sites is 1. The second kappa shape index (κ2) is 8.98. The maximum Gasteiger partial charge on any atom is 0.271 e. The van der Waals surface area contributed by atoms with E-state index in [1.54, 1.807) is 19.2 Å². The third-order valence-electron chi connectivity index (χ3n) is 3.55. The Morgan fingerprint density at radius 2 is 1.96 bits per heavy atom. The van der Waals surface area contributed by atoms with Gasteiger partial charge in [-0.25, -0.2) is 0 Å². The van der Waals surface area contributed by atoms with E-state index in [-0.39, 0.29) is 5.91 Å². The van der Waals surface area contributed by atoms with Crippen LogP contribution in [0.5, 0.6) is 0 Å². The van der Waals surface area contributed by atoms with Gasteiger partial charge in [-0.1, -0.05) is 32.0 Å². The van der Waals surface area contributed by atoms with E-state index in [0.29, 0.717) is 30.6 Å². The Labute approximate surface area is 142 Å². The molecule has 2 rings (SSSR count). The fraction of sp³-hybridized carbons (Fsp3) is 0.389. The van der Waals surface area contributed by atoms with Crippen LogP contribution in [0.1, 0.15) is 42.2 Å².